The number of aryl methyl sites for hydroxylation is 1. The van der Waals surface area contributed by atoms with E-state index in [1.54, 1.807) is 68.7 Å². The zero-order valence-corrected chi connectivity index (χ0v) is 30.7. The van der Waals surface area contributed by atoms with Gasteiger partial charge in [0.15, 0.2) is 0 Å². The summed E-state index contributed by atoms with van der Waals surface area (Å²) < 4.78 is 1.90. The predicted molar refractivity (Wildman–Crippen MR) is 207 cm³/mol. The van der Waals surface area contributed by atoms with E-state index in [0.29, 0.717) is 18.5 Å². The summed E-state index contributed by atoms with van der Waals surface area (Å²) in [5.74, 6) is -0.658. The Kier molecular flexibility index (Phi) is 10.9. The van der Waals surface area contributed by atoms with Gasteiger partial charge in [0.25, 0.3) is 5.91 Å². The SMILES string of the molecule is C=CCN1CC(=O)N2[C@@H](Cc3ccc(O)cc3)C(=O)N(Cc3cccc4c(C(=O)NCCc5cccnc5)cn(C)c34)C[C@@H]2N1C(=O)NCc1ccccc1. The first-order valence-electron chi connectivity index (χ1n) is 18.3. The molecule has 3 aromatic carbocycles. The van der Waals surface area contributed by atoms with Gasteiger partial charge in [-0.25, -0.2) is 14.8 Å². The quantitative estimate of drug-likeness (QED) is 0.164. The van der Waals surface area contributed by atoms with Crippen molar-refractivity contribution in [1.82, 2.24) is 40.0 Å². The number of nitrogens with zero attached hydrogens (tertiary/aromatic N) is 6. The highest BCUT2D eigenvalue weighted by molar-refractivity contribution is 6.07. The van der Waals surface area contributed by atoms with Crippen LogP contribution in [0.3, 0.4) is 0 Å². The van der Waals surface area contributed by atoms with Crippen molar-refractivity contribution in [1.29, 1.82) is 0 Å². The average molecular weight is 741 g/mol. The minimum atomic E-state index is -0.931. The third kappa shape index (κ3) is 7.92. The lowest BCUT2D eigenvalue weighted by Crippen LogP contribution is -2.76. The minimum Gasteiger partial charge on any atom is -0.508 e. The van der Waals surface area contributed by atoms with Crippen LogP contribution in [0.4, 0.5) is 4.79 Å². The number of rotatable bonds is 12. The van der Waals surface area contributed by atoms with Gasteiger partial charge in [0.2, 0.25) is 11.8 Å². The third-order valence-corrected chi connectivity index (χ3v) is 10.1. The van der Waals surface area contributed by atoms with Gasteiger partial charge in [-0.2, -0.15) is 0 Å². The second-order valence-electron chi connectivity index (χ2n) is 13.8. The van der Waals surface area contributed by atoms with E-state index >= 15 is 0 Å². The van der Waals surface area contributed by atoms with Gasteiger partial charge in [-0.15, -0.1) is 6.58 Å². The molecule has 5 aromatic rings. The number of carbonyl (C=O) groups is 4. The number of aromatic nitrogens is 2. The summed E-state index contributed by atoms with van der Waals surface area (Å²) in [6.07, 6.45) is 6.93. The Bertz CT molecular complexity index is 2190. The summed E-state index contributed by atoms with van der Waals surface area (Å²) in [4.78, 5) is 63.6. The molecule has 7 rings (SSSR count). The van der Waals surface area contributed by atoms with Crippen LogP contribution in [0.5, 0.6) is 5.75 Å². The molecule has 0 bridgehead atoms. The Morgan fingerprint density at radius 2 is 1.73 bits per heavy atom. The number of hydrogen-bond acceptors (Lipinski definition) is 7. The predicted octanol–water partition coefficient (Wildman–Crippen LogP) is 3.99. The van der Waals surface area contributed by atoms with Gasteiger partial charge >= 0.3 is 6.03 Å². The molecule has 5 amide bonds. The first-order chi connectivity index (χ1) is 26.7. The van der Waals surface area contributed by atoms with E-state index in [2.05, 4.69) is 22.2 Å². The lowest BCUT2D eigenvalue weighted by Gasteiger charge is -2.55. The van der Waals surface area contributed by atoms with Crippen molar-refractivity contribution in [3.63, 3.8) is 0 Å². The van der Waals surface area contributed by atoms with Gasteiger partial charge in [0, 0.05) is 63.6 Å². The van der Waals surface area contributed by atoms with Gasteiger partial charge in [0.05, 0.1) is 24.2 Å². The van der Waals surface area contributed by atoms with Crippen LogP contribution in [-0.4, -0.2) is 96.6 Å². The number of aromatic hydroxyl groups is 1. The standard InChI is InChI=1S/C42H44N8O5/c1-3-21-48-28-38(52)49-36(22-29-14-16-33(51)17-15-29)41(54)47(27-37(49)50(48)42(55)45-24-30-9-5-4-6-10-30)25-32-12-7-13-34-35(26-46(2)39(32)34)40(53)44-20-18-31-11-8-19-43-23-31/h3-17,19,23,26,36-37,51H,1,18,20-22,24-25,27-28H2,2H3,(H,44,53)(H,45,55)/t36-,37-/m0/s1. The van der Waals surface area contributed by atoms with E-state index in [-0.39, 0.29) is 62.6 Å². The maximum atomic E-state index is 14.6. The van der Waals surface area contributed by atoms with Crippen molar-refractivity contribution in [2.75, 3.05) is 26.2 Å². The molecule has 0 aliphatic carbocycles. The molecule has 282 valence electrons. The Morgan fingerprint density at radius 1 is 0.945 bits per heavy atom. The molecule has 0 radical (unpaired) electrons. The highest BCUT2D eigenvalue weighted by Gasteiger charge is 2.51. The van der Waals surface area contributed by atoms with Crippen LogP contribution in [0.25, 0.3) is 10.9 Å². The Labute approximate surface area is 319 Å². The highest BCUT2D eigenvalue weighted by atomic mass is 16.3. The van der Waals surface area contributed by atoms with E-state index < -0.39 is 18.2 Å². The summed E-state index contributed by atoms with van der Waals surface area (Å²) in [5.41, 5.74) is 4.82. The van der Waals surface area contributed by atoms with Crippen molar-refractivity contribution in [2.45, 2.75) is 38.1 Å². The fourth-order valence-corrected chi connectivity index (χ4v) is 7.58. The van der Waals surface area contributed by atoms with Crippen molar-refractivity contribution in [3.05, 3.63) is 144 Å². The number of para-hydroxylation sites is 1. The molecule has 13 heteroatoms. The van der Waals surface area contributed by atoms with Gasteiger partial charge in [0.1, 0.15) is 18.0 Å². The number of amides is 5. The molecule has 55 heavy (non-hydrogen) atoms. The Balaban J connectivity index is 1.20. The lowest BCUT2D eigenvalue weighted by atomic mass is 9.98. The van der Waals surface area contributed by atoms with Crippen LogP contribution in [-0.2, 0) is 42.6 Å². The maximum absolute atomic E-state index is 14.6. The van der Waals surface area contributed by atoms with E-state index in [1.807, 2.05) is 72.3 Å². The van der Waals surface area contributed by atoms with E-state index in [1.165, 1.54) is 0 Å². The fourth-order valence-electron chi connectivity index (χ4n) is 7.58. The number of benzene rings is 3. The Hall–Kier alpha value is -6.47. The summed E-state index contributed by atoms with van der Waals surface area (Å²) in [6.45, 7) is 4.92. The van der Waals surface area contributed by atoms with Gasteiger partial charge in [-0.1, -0.05) is 72.8 Å². The van der Waals surface area contributed by atoms with Crippen molar-refractivity contribution in [2.24, 2.45) is 7.05 Å². The summed E-state index contributed by atoms with van der Waals surface area (Å²) in [5, 5.41) is 20.0. The van der Waals surface area contributed by atoms with E-state index in [0.717, 1.165) is 33.2 Å². The second-order valence-corrected chi connectivity index (χ2v) is 13.8. The van der Waals surface area contributed by atoms with Crippen LogP contribution in [0.15, 0.2) is 116 Å². The van der Waals surface area contributed by atoms with Crippen LogP contribution in [0.1, 0.15) is 32.6 Å². The highest BCUT2D eigenvalue weighted by Crippen LogP contribution is 2.32. The van der Waals surface area contributed by atoms with E-state index in [4.69, 9.17) is 0 Å². The first kappa shape index (κ1) is 36.9. The second kappa shape index (κ2) is 16.3. The molecule has 4 heterocycles. The number of urea groups is 1. The van der Waals surface area contributed by atoms with Crippen molar-refractivity contribution < 1.29 is 24.3 Å². The largest absolute Gasteiger partial charge is 0.508 e. The van der Waals surface area contributed by atoms with Crippen molar-refractivity contribution in [3.8, 4) is 5.75 Å². The molecule has 13 nitrogen and oxygen atoms in total. The lowest BCUT2D eigenvalue weighted by molar-refractivity contribution is -0.189. The average Bonchev–Trinajstić information content (AvgIpc) is 3.54. The molecule has 2 fully saturated rings. The zero-order valence-electron chi connectivity index (χ0n) is 30.7. The molecular weight excluding hydrogens is 697 g/mol. The number of fused-ring (bicyclic) bond motifs is 2. The number of hydrogen-bond donors (Lipinski definition) is 3. The molecule has 2 saturated heterocycles. The zero-order chi connectivity index (χ0) is 38.5. The number of nitrogens with one attached hydrogen (secondary N) is 2. The molecule has 2 aromatic heterocycles. The first-order valence-corrected chi connectivity index (χ1v) is 18.3. The number of pyridine rings is 1. The topological polar surface area (TPSA) is 143 Å². The molecule has 0 spiro atoms. The maximum Gasteiger partial charge on any atom is 0.334 e. The number of phenols is 1. The molecule has 2 aliphatic rings. The molecule has 0 unspecified atom stereocenters. The summed E-state index contributed by atoms with van der Waals surface area (Å²) in [6, 6.07) is 24.3. The number of hydrazine groups is 1. The fraction of sp³-hybridized carbons (Fsp3) is 0.262. The van der Waals surface area contributed by atoms with Crippen LogP contribution >= 0.6 is 0 Å². The number of phenolic OH excluding ortho intramolecular Hbond substituents is 1. The third-order valence-electron chi connectivity index (χ3n) is 10.1. The van der Waals surface area contributed by atoms with Crippen LogP contribution < -0.4 is 10.6 Å². The van der Waals surface area contributed by atoms with Gasteiger partial charge < -0.3 is 30.1 Å². The monoisotopic (exact) mass is 740 g/mol. The van der Waals surface area contributed by atoms with Crippen LogP contribution in [0, 0.1) is 0 Å². The summed E-state index contributed by atoms with van der Waals surface area (Å²) >= 11 is 0. The molecule has 2 atom stereocenters. The number of carbonyl (C=O) groups excluding carboxylic acids is 4. The smallest absolute Gasteiger partial charge is 0.334 e. The van der Waals surface area contributed by atoms with Gasteiger partial charge in [-0.3, -0.25) is 19.4 Å². The van der Waals surface area contributed by atoms with E-state index in [9.17, 15) is 24.3 Å². The van der Waals surface area contributed by atoms with Crippen molar-refractivity contribution >= 4 is 34.7 Å². The molecular formula is C42H44N8O5. The van der Waals surface area contributed by atoms with Gasteiger partial charge in [-0.05, 0) is 46.9 Å². The molecule has 0 saturated carbocycles. The minimum absolute atomic E-state index is 0.0472. The number of piperazine rings is 1. The Morgan fingerprint density at radius 3 is 2.47 bits per heavy atom. The summed E-state index contributed by atoms with van der Waals surface area (Å²) in [7, 11) is 1.87. The molecule has 3 N–H and O–H groups in total. The van der Waals surface area contributed by atoms with Crippen LogP contribution in [0.2, 0.25) is 0 Å². The molecule has 2 aliphatic heterocycles. The normalized spacial score (nSPS) is 17.3.